The minimum Gasteiger partial charge on any atom is -0.481 e. The van der Waals surface area contributed by atoms with Gasteiger partial charge in [-0.1, -0.05) is 46.8 Å². The van der Waals surface area contributed by atoms with E-state index in [0.29, 0.717) is 14.5 Å². The molecule has 166 valence electrons. The molecule has 0 heterocycles. The summed E-state index contributed by atoms with van der Waals surface area (Å²) < 4.78 is 5.37. The van der Waals surface area contributed by atoms with Gasteiger partial charge in [-0.3, -0.25) is 14.4 Å². The number of esters is 1. The van der Waals surface area contributed by atoms with Gasteiger partial charge < -0.3 is 15.2 Å². The third-order valence-corrected chi connectivity index (χ3v) is 7.07. The van der Waals surface area contributed by atoms with Gasteiger partial charge in [0.2, 0.25) is 5.91 Å². The first-order valence-corrected chi connectivity index (χ1v) is 11.9. The van der Waals surface area contributed by atoms with E-state index >= 15 is 0 Å². The van der Waals surface area contributed by atoms with Crippen LogP contribution in [0, 0.1) is 29.1 Å². The van der Waals surface area contributed by atoms with Gasteiger partial charge in [0.1, 0.15) is 6.61 Å². The van der Waals surface area contributed by atoms with E-state index in [9.17, 15) is 19.5 Å². The smallest absolute Gasteiger partial charge is 0.310 e. The molecule has 1 amide bonds. The maximum atomic E-state index is 12.7. The number of ether oxygens (including phenoxy) is 1. The molecule has 0 bridgehead atoms. The Kier molecular flexibility index (Phi) is 9.33. The lowest BCUT2D eigenvalue weighted by molar-refractivity contribution is -0.159. The molecule has 7 heteroatoms. The van der Waals surface area contributed by atoms with Gasteiger partial charge in [-0.15, -0.1) is 8.58 Å². The molecule has 0 radical (unpaired) electrons. The van der Waals surface area contributed by atoms with Crippen LogP contribution in [0.1, 0.15) is 54.4 Å². The number of amides is 1. The molecule has 0 aromatic heterocycles. The normalized spacial score (nSPS) is 23.6. The molecular formula is C22H38NO5P. The number of rotatable bonds is 10. The summed E-state index contributed by atoms with van der Waals surface area (Å²) in [5, 5.41) is 11.8. The summed E-state index contributed by atoms with van der Waals surface area (Å²) in [6.07, 6.45) is 5.46. The Hall–Kier alpha value is -1.42. The van der Waals surface area contributed by atoms with Crippen LogP contribution in [-0.2, 0) is 19.1 Å². The number of carboxylic acid groups (broad SMARTS) is 1. The lowest BCUT2D eigenvalue weighted by atomic mass is 9.81. The van der Waals surface area contributed by atoms with E-state index in [1.807, 2.05) is 32.7 Å². The topological polar surface area (TPSA) is 92.7 Å². The van der Waals surface area contributed by atoms with Crippen LogP contribution in [0.15, 0.2) is 12.2 Å². The van der Waals surface area contributed by atoms with E-state index in [1.54, 1.807) is 6.92 Å². The van der Waals surface area contributed by atoms with Gasteiger partial charge >= 0.3 is 11.9 Å². The Labute approximate surface area is 177 Å². The largest absolute Gasteiger partial charge is 0.481 e. The van der Waals surface area contributed by atoms with Crippen molar-refractivity contribution >= 4 is 26.4 Å². The summed E-state index contributed by atoms with van der Waals surface area (Å²) in [7, 11) is 0.461. The van der Waals surface area contributed by atoms with Crippen LogP contribution in [-0.4, -0.2) is 47.9 Å². The highest BCUT2D eigenvalue weighted by Crippen LogP contribution is 2.39. The number of aliphatic carboxylic acids is 1. The van der Waals surface area contributed by atoms with Crippen molar-refractivity contribution < 1.29 is 24.2 Å². The molecule has 2 N–H and O–H groups in total. The van der Waals surface area contributed by atoms with Gasteiger partial charge in [0.25, 0.3) is 0 Å². The lowest BCUT2D eigenvalue weighted by Gasteiger charge is -2.33. The molecule has 0 saturated carbocycles. The fraction of sp³-hybridized carbons (Fsp3) is 0.773. The van der Waals surface area contributed by atoms with Gasteiger partial charge in [0.15, 0.2) is 0 Å². The Bertz CT molecular complexity index is 627. The predicted octanol–water partition coefficient (Wildman–Crippen LogP) is 3.70. The first-order valence-electron chi connectivity index (χ1n) is 10.4. The zero-order valence-corrected chi connectivity index (χ0v) is 19.9. The van der Waals surface area contributed by atoms with Gasteiger partial charge in [-0.05, 0) is 43.7 Å². The average molecular weight is 428 g/mol. The molecule has 0 spiro atoms. The average Bonchev–Trinajstić information content (AvgIpc) is 3.02. The fourth-order valence-corrected chi connectivity index (χ4v) is 5.06. The van der Waals surface area contributed by atoms with Crippen molar-refractivity contribution in [2.45, 2.75) is 59.5 Å². The third-order valence-electron chi connectivity index (χ3n) is 5.56. The van der Waals surface area contributed by atoms with Crippen molar-refractivity contribution in [3.8, 4) is 0 Å². The zero-order chi connectivity index (χ0) is 22.4. The molecule has 1 aliphatic carbocycles. The van der Waals surface area contributed by atoms with Gasteiger partial charge in [0, 0.05) is 0 Å². The summed E-state index contributed by atoms with van der Waals surface area (Å²) in [5.74, 6) is -2.89. The third kappa shape index (κ3) is 7.73. The molecule has 6 unspecified atom stereocenters. The van der Waals surface area contributed by atoms with Crippen molar-refractivity contribution in [3.63, 3.8) is 0 Å². The highest BCUT2D eigenvalue weighted by atomic mass is 31.1. The second-order valence-electron chi connectivity index (χ2n) is 9.66. The number of carbonyl (C=O) groups excluding carboxylic acids is 2. The number of carboxylic acids is 1. The van der Waals surface area contributed by atoms with E-state index in [4.69, 9.17) is 4.74 Å². The molecule has 0 aromatic carbocycles. The van der Waals surface area contributed by atoms with Crippen LogP contribution in [0.3, 0.4) is 0 Å². The van der Waals surface area contributed by atoms with E-state index in [2.05, 4.69) is 26.1 Å². The molecule has 0 aromatic rings. The molecule has 1 aliphatic rings. The Balaban J connectivity index is 2.62. The SMILES string of the molecule is CPC(C)(CC(C)(C)C)C(=O)NCCOC(=O)C(C1C=CC(C)C1)C(C)C(=O)O. The first-order chi connectivity index (χ1) is 13.3. The summed E-state index contributed by atoms with van der Waals surface area (Å²) in [4.78, 5) is 36.8. The minimum atomic E-state index is -1.00. The minimum absolute atomic E-state index is 0.0349. The van der Waals surface area contributed by atoms with Crippen LogP contribution in [0.2, 0.25) is 0 Å². The monoisotopic (exact) mass is 427 g/mol. The number of hydrogen-bond donors (Lipinski definition) is 2. The van der Waals surface area contributed by atoms with Crippen LogP contribution in [0.25, 0.3) is 0 Å². The fourth-order valence-electron chi connectivity index (χ4n) is 4.04. The summed E-state index contributed by atoms with van der Waals surface area (Å²) in [6.45, 7) is 14.2. The first kappa shape index (κ1) is 25.6. The zero-order valence-electron chi connectivity index (χ0n) is 18.9. The van der Waals surface area contributed by atoms with E-state index in [-0.39, 0.29) is 30.4 Å². The van der Waals surface area contributed by atoms with Gasteiger partial charge in [0.05, 0.1) is 23.5 Å². The second kappa shape index (κ2) is 10.6. The molecule has 29 heavy (non-hydrogen) atoms. The Morgan fingerprint density at radius 3 is 2.31 bits per heavy atom. The number of hydrogen-bond acceptors (Lipinski definition) is 4. The highest BCUT2D eigenvalue weighted by molar-refractivity contribution is 7.40. The summed E-state index contributed by atoms with van der Waals surface area (Å²) in [5.41, 5.74) is 0.0354. The van der Waals surface area contributed by atoms with Crippen LogP contribution >= 0.6 is 8.58 Å². The molecule has 0 aliphatic heterocycles. The lowest BCUT2D eigenvalue weighted by Crippen LogP contribution is -2.44. The number of allylic oxidation sites excluding steroid dienone is 2. The van der Waals surface area contributed by atoms with Crippen LogP contribution in [0.5, 0.6) is 0 Å². The Morgan fingerprint density at radius 2 is 1.86 bits per heavy atom. The van der Waals surface area contributed by atoms with Crippen molar-refractivity contribution in [1.82, 2.24) is 5.32 Å². The summed E-state index contributed by atoms with van der Waals surface area (Å²) >= 11 is 0. The standard InChI is InChI=1S/C22H38NO5P/c1-14-8-9-16(12-14)17(15(2)18(24)25)19(26)28-11-10-23-20(27)22(6,29-7)13-21(3,4)5/h8-9,14-17,29H,10-13H2,1-7H3,(H,23,27)(H,24,25). The van der Waals surface area contributed by atoms with Crippen molar-refractivity contribution in [1.29, 1.82) is 0 Å². The molecule has 6 nitrogen and oxygen atoms in total. The van der Waals surface area contributed by atoms with Crippen molar-refractivity contribution in [3.05, 3.63) is 12.2 Å². The maximum absolute atomic E-state index is 12.7. The highest BCUT2D eigenvalue weighted by Gasteiger charge is 2.39. The molecule has 6 atom stereocenters. The van der Waals surface area contributed by atoms with Crippen LogP contribution < -0.4 is 5.32 Å². The van der Waals surface area contributed by atoms with E-state index in [0.717, 1.165) is 12.8 Å². The van der Waals surface area contributed by atoms with Gasteiger partial charge in [-0.25, -0.2) is 0 Å². The number of carbonyl (C=O) groups is 3. The maximum Gasteiger partial charge on any atom is 0.310 e. The molecule has 0 fully saturated rings. The second-order valence-corrected chi connectivity index (χ2v) is 11.3. The number of nitrogens with one attached hydrogen (secondary N) is 1. The van der Waals surface area contributed by atoms with E-state index < -0.39 is 28.9 Å². The quantitative estimate of drug-likeness (QED) is 0.240. The summed E-state index contributed by atoms with van der Waals surface area (Å²) in [6, 6.07) is 0. The van der Waals surface area contributed by atoms with E-state index in [1.165, 1.54) is 0 Å². The molecule has 1 rings (SSSR count). The van der Waals surface area contributed by atoms with Crippen LogP contribution in [0.4, 0.5) is 0 Å². The van der Waals surface area contributed by atoms with Crippen molar-refractivity contribution in [2.24, 2.45) is 29.1 Å². The Morgan fingerprint density at radius 1 is 1.24 bits per heavy atom. The predicted molar refractivity (Wildman–Crippen MR) is 117 cm³/mol. The van der Waals surface area contributed by atoms with Gasteiger partial charge in [-0.2, -0.15) is 0 Å². The molecular weight excluding hydrogens is 389 g/mol. The molecule has 0 saturated heterocycles. The van der Waals surface area contributed by atoms with Crippen molar-refractivity contribution in [2.75, 3.05) is 19.8 Å².